The van der Waals surface area contributed by atoms with Gasteiger partial charge >= 0.3 is 15.5 Å². The largest absolute Gasteiger partial charge is 0.516 e. The highest BCUT2D eigenvalue weighted by Gasteiger charge is 2.46. The fourth-order valence-corrected chi connectivity index (χ4v) is 4.54. The second-order valence-corrected chi connectivity index (χ2v) is 9.95. The standard InChI is InChI=1S/C25H20F3N5O2S/c1-16-5-4-6-20(30-16)23-24(33-14-3-2-7-22(33)31-23)18-12-13-29-21(15-18)17-8-10-19(11-9-17)32-36(34,35)25(26,27)28/h2-3,6-15,32H,4-5H2,1H3. The van der Waals surface area contributed by atoms with Crippen LogP contribution in [-0.4, -0.2) is 34.0 Å². The molecule has 0 amide bonds. The highest BCUT2D eigenvalue weighted by Crippen LogP contribution is 2.34. The molecule has 0 atom stereocenters. The van der Waals surface area contributed by atoms with Gasteiger partial charge in [-0.1, -0.05) is 24.3 Å². The van der Waals surface area contributed by atoms with Gasteiger partial charge in [0.15, 0.2) is 0 Å². The zero-order valence-corrected chi connectivity index (χ0v) is 19.8. The van der Waals surface area contributed by atoms with Crippen LogP contribution >= 0.6 is 0 Å². The van der Waals surface area contributed by atoms with Gasteiger partial charge in [-0.2, -0.15) is 21.6 Å². The lowest BCUT2D eigenvalue weighted by molar-refractivity contribution is -0.0429. The summed E-state index contributed by atoms with van der Waals surface area (Å²) in [5.74, 6) is 0. The molecule has 3 aromatic heterocycles. The Hall–Kier alpha value is -3.99. The van der Waals surface area contributed by atoms with Gasteiger partial charge in [0.2, 0.25) is 0 Å². The number of sulfonamides is 1. The number of alkyl halides is 3. The van der Waals surface area contributed by atoms with E-state index in [2.05, 4.69) is 11.1 Å². The van der Waals surface area contributed by atoms with Crippen molar-refractivity contribution in [3.05, 3.63) is 78.8 Å². The van der Waals surface area contributed by atoms with Crippen molar-refractivity contribution in [2.24, 2.45) is 4.99 Å². The third-order valence-corrected chi connectivity index (χ3v) is 6.81. The van der Waals surface area contributed by atoms with E-state index in [1.54, 1.807) is 6.20 Å². The number of nitrogens with one attached hydrogen (secondary N) is 1. The van der Waals surface area contributed by atoms with E-state index >= 15 is 0 Å². The van der Waals surface area contributed by atoms with Gasteiger partial charge in [-0.3, -0.25) is 19.1 Å². The van der Waals surface area contributed by atoms with Crippen molar-refractivity contribution in [2.45, 2.75) is 25.3 Å². The van der Waals surface area contributed by atoms with Gasteiger partial charge in [0.05, 0.1) is 17.1 Å². The number of anilines is 1. The van der Waals surface area contributed by atoms with E-state index in [-0.39, 0.29) is 5.69 Å². The summed E-state index contributed by atoms with van der Waals surface area (Å²) in [5.41, 5.74) is 0.584. The van der Waals surface area contributed by atoms with Gasteiger partial charge in [0.1, 0.15) is 11.3 Å². The van der Waals surface area contributed by atoms with Crippen LogP contribution in [0.25, 0.3) is 33.9 Å². The summed E-state index contributed by atoms with van der Waals surface area (Å²) in [6.45, 7) is 1.99. The maximum absolute atomic E-state index is 12.7. The van der Waals surface area contributed by atoms with Crippen molar-refractivity contribution in [3.63, 3.8) is 0 Å². The topological polar surface area (TPSA) is 88.7 Å². The molecule has 0 fully saturated rings. The number of hydrogen-bond donors (Lipinski definition) is 1. The van der Waals surface area contributed by atoms with Crippen LogP contribution in [0.3, 0.4) is 0 Å². The molecule has 1 aliphatic rings. The molecule has 4 aromatic rings. The Kier molecular flexibility index (Phi) is 5.87. The molecular formula is C25H20F3N5O2S. The monoisotopic (exact) mass is 511 g/mol. The maximum Gasteiger partial charge on any atom is 0.516 e. The van der Waals surface area contributed by atoms with Crippen molar-refractivity contribution in [1.29, 1.82) is 0 Å². The van der Waals surface area contributed by atoms with Crippen LogP contribution < -0.4 is 4.72 Å². The van der Waals surface area contributed by atoms with Crippen molar-refractivity contribution in [1.82, 2.24) is 14.4 Å². The molecule has 0 saturated heterocycles. The van der Waals surface area contributed by atoms with Gasteiger partial charge in [0.25, 0.3) is 0 Å². The lowest BCUT2D eigenvalue weighted by atomic mass is 10.0. The van der Waals surface area contributed by atoms with E-state index in [4.69, 9.17) is 9.98 Å². The molecule has 5 rings (SSSR count). The third-order valence-electron chi connectivity index (χ3n) is 5.70. The van der Waals surface area contributed by atoms with E-state index in [0.717, 1.165) is 46.8 Å². The fourth-order valence-electron chi connectivity index (χ4n) is 3.98. The predicted molar refractivity (Wildman–Crippen MR) is 133 cm³/mol. The SMILES string of the molecule is CC1=NC(c2nc3ccccn3c2-c2ccnc(-c3ccc(NS(=O)(=O)C(F)(F)F)cc3)c2)=CCC1. The zero-order valence-electron chi connectivity index (χ0n) is 19.0. The van der Waals surface area contributed by atoms with Crippen LogP contribution in [0.1, 0.15) is 25.5 Å². The maximum atomic E-state index is 12.7. The normalized spacial score (nSPS) is 14.4. The second kappa shape index (κ2) is 8.90. The Morgan fingerprint density at radius 3 is 2.53 bits per heavy atom. The smallest absolute Gasteiger partial charge is 0.299 e. The molecule has 1 N–H and O–H groups in total. The van der Waals surface area contributed by atoms with E-state index < -0.39 is 15.5 Å². The first-order valence-electron chi connectivity index (χ1n) is 11.0. The third kappa shape index (κ3) is 4.49. The van der Waals surface area contributed by atoms with Crippen LogP contribution in [-0.2, 0) is 10.0 Å². The molecule has 7 nitrogen and oxygen atoms in total. The van der Waals surface area contributed by atoms with E-state index in [9.17, 15) is 21.6 Å². The molecule has 0 radical (unpaired) electrons. The summed E-state index contributed by atoms with van der Waals surface area (Å²) in [5, 5.41) is 0. The van der Waals surface area contributed by atoms with E-state index in [1.807, 2.05) is 47.9 Å². The predicted octanol–water partition coefficient (Wildman–Crippen LogP) is 5.92. The number of fused-ring (bicyclic) bond motifs is 1. The Balaban J connectivity index is 1.54. The first kappa shape index (κ1) is 23.7. The number of nitrogens with zero attached hydrogens (tertiary/aromatic N) is 4. The van der Waals surface area contributed by atoms with Crippen molar-refractivity contribution in [3.8, 4) is 22.5 Å². The van der Waals surface area contributed by atoms with Gasteiger partial charge < -0.3 is 0 Å². The molecule has 0 saturated carbocycles. The van der Waals surface area contributed by atoms with Crippen LogP contribution in [0.2, 0.25) is 0 Å². The van der Waals surface area contributed by atoms with E-state index in [1.165, 1.54) is 29.0 Å². The number of benzene rings is 1. The number of halogens is 3. The first-order valence-corrected chi connectivity index (χ1v) is 12.5. The first-order chi connectivity index (χ1) is 17.1. The molecule has 0 bridgehead atoms. The number of rotatable bonds is 5. The minimum absolute atomic E-state index is 0.200. The number of imidazole rings is 1. The number of aliphatic imine (C=N–C) groups is 1. The molecule has 36 heavy (non-hydrogen) atoms. The summed E-state index contributed by atoms with van der Waals surface area (Å²) in [4.78, 5) is 14.0. The Morgan fingerprint density at radius 1 is 1.03 bits per heavy atom. The second-order valence-electron chi connectivity index (χ2n) is 8.27. The molecule has 1 aromatic carbocycles. The van der Waals surface area contributed by atoms with Crippen molar-refractivity contribution < 1.29 is 21.6 Å². The molecular weight excluding hydrogens is 491 g/mol. The van der Waals surface area contributed by atoms with Crippen molar-refractivity contribution in [2.75, 3.05) is 4.72 Å². The number of pyridine rings is 2. The highest BCUT2D eigenvalue weighted by atomic mass is 32.2. The van der Waals surface area contributed by atoms with Crippen LogP contribution in [0.4, 0.5) is 18.9 Å². The Morgan fingerprint density at radius 2 is 1.81 bits per heavy atom. The highest BCUT2D eigenvalue weighted by molar-refractivity contribution is 7.93. The summed E-state index contributed by atoms with van der Waals surface area (Å²) in [6, 6.07) is 15.0. The molecule has 0 unspecified atom stereocenters. The van der Waals surface area contributed by atoms with Crippen molar-refractivity contribution >= 4 is 32.8 Å². The summed E-state index contributed by atoms with van der Waals surface area (Å²) >= 11 is 0. The molecule has 0 aliphatic carbocycles. The Labute approximate surface area is 205 Å². The van der Waals surface area contributed by atoms with Crippen LogP contribution in [0, 0.1) is 0 Å². The molecule has 11 heteroatoms. The number of allylic oxidation sites excluding steroid dienone is 1. The number of hydrogen-bond acceptors (Lipinski definition) is 5. The molecule has 184 valence electrons. The van der Waals surface area contributed by atoms with Crippen LogP contribution in [0.15, 0.2) is 78.1 Å². The summed E-state index contributed by atoms with van der Waals surface area (Å²) in [6.07, 6.45) is 7.41. The number of aromatic nitrogens is 3. The zero-order chi connectivity index (χ0) is 25.5. The lowest BCUT2D eigenvalue weighted by Crippen LogP contribution is -2.29. The van der Waals surface area contributed by atoms with E-state index in [0.29, 0.717) is 11.3 Å². The van der Waals surface area contributed by atoms with Gasteiger partial charge in [-0.15, -0.1) is 0 Å². The average molecular weight is 512 g/mol. The van der Waals surface area contributed by atoms with Gasteiger partial charge in [0, 0.05) is 34.9 Å². The molecule has 1 aliphatic heterocycles. The molecule has 0 spiro atoms. The minimum Gasteiger partial charge on any atom is -0.299 e. The summed E-state index contributed by atoms with van der Waals surface area (Å²) < 4.78 is 64.2. The fraction of sp³-hybridized carbons (Fsp3) is 0.160. The summed E-state index contributed by atoms with van der Waals surface area (Å²) in [7, 11) is -5.50. The molecule has 4 heterocycles. The van der Waals surface area contributed by atoms with Gasteiger partial charge in [-0.25, -0.2) is 4.98 Å². The van der Waals surface area contributed by atoms with Crippen LogP contribution in [0.5, 0.6) is 0 Å². The minimum atomic E-state index is -5.50. The average Bonchev–Trinajstić information content (AvgIpc) is 3.23. The van der Waals surface area contributed by atoms with Gasteiger partial charge in [-0.05, 0) is 56.2 Å². The quantitative estimate of drug-likeness (QED) is 0.360. The lowest BCUT2D eigenvalue weighted by Gasteiger charge is -2.12. The Bertz CT molecular complexity index is 1620.